The van der Waals surface area contributed by atoms with Crippen molar-refractivity contribution in [1.29, 1.82) is 0 Å². The van der Waals surface area contributed by atoms with E-state index in [-0.39, 0.29) is 33.7 Å². The molecule has 0 aliphatic carbocycles. The van der Waals surface area contributed by atoms with E-state index in [1.807, 2.05) is 0 Å². The monoisotopic (exact) mass is 325 g/mol. The number of carboxylic acids is 1. The van der Waals surface area contributed by atoms with Crippen LogP contribution in [0.15, 0.2) is 17.0 Å². The highest BCUT2D eigenvalue weighted by Crippen LogP contribution is 2.32. The van der Waals surface area contributed by atoms with Gasteiger partial charge in [-0.1, -0.05) is 27.7 Å². The van der Waals surface area contributed by atoms with Crippen LogP contribution >= 0.6 is 23.2 Å². The number of halogens is 2. The summed E-state index contributed by atoms with van der Waals surface area (Å²) in [5, 5.41) is 8.55. The summed E-state index contributed by atoms with van der Waals surface area (Å²) < 4.78 is 25.3. The van der Waals surface area contributed by atoms with Crippen LogP contribution < -0.4 is 0 Å². The van der Waals surface area contributed by atoms with Gasteiger partial charge in [-0.3, -0.25) is 4.84 Å². The molecular formula is C10H9Cl2NO5S. The summed E-state index contributed by atoms with van der Waals surface area (Å²) in [5.41, 5.74) is -0.369. The first-order valence-corrected chi connectivity index (χ1v) is 7.41. The smallest absolute Gasteiger partial charge is 0.337 e. The van der Waals surface area contributed by atoms with Crippen molar-refractivity contribution in [2.75, 3.05) is 13.2 Å². The third kappa shape index (κ3) is 2.70. The second kappa shape index (κ2) is 5.26. The van der Waals surface area contributed by atoms with Gasteiger partial charge in [0.25, 0.3) is 10.0 Å². The second-order valence-electron chi connectivity index (χ2n) is 3.79. The van der Waals surface area contributed by atoms with Crippen molar-refractivity contribution in [2.45, 2.75) is 11.3 Å². The van der Waals surface area contributed by atoms with Crippen molar-refractivity contribution in [1.82, 2.24) is 4.47 Å². The quantitative estimate of drug-likeness (QED) is 0.919. The van der Waals surface area contributed by atoms with Gasteiger partial charge >= 0.3 is 5.97 Å². The molecule has 1 N–H and O–H groups in total. The van der Waals surface area contributed by atoms with E-state index < -0.39 is 16.0 Å². The minimum Gasteiger partial charge on any atom is -0.478 e. The SMILES string of the molecule is O=C(O)c1cc(Cl)cc(S(=O)(=O)N2CCCO2)c1Cl. The van der Waals surface area contributed by atoms with Crippen LogP contribution in [0.3, 0.4) is 0 Å². The number of aromatic carboxylic acids is 1. The lowest BCUT2D eigenvalue weighted by molar-refractivity contribution is -0.0284. The largest absolute Gasteiger partial charge is 0.478 e. The number of rotatable bonds is 3. The molecule has 6 nitrogen and oxygen atoms in total. The average Bonchev–Trinajstić information content (AvgIpc) is 2.85. The topological polar surface area (TPSA) is 83.9 Å². The van der Waals surface area contributed by atoms with Crippen LogP contribution in [0, 0.1) is 0 Å². The third-order valence-corrected chi connectivity index (χ3v) is 4.94. The highest BCUT2D eigenvalue weighted by Gasteiger charge is 2.32. The van der Waals surface area contributed by atoms with Crippen LogP contribution in [0.5, 0.6) is 0 Å². The maximum absolute atomic E-state index is 12.2. The highest BCUT2D eigenvalue weighted by molar-refractivity contribution is 7.89. The van der Waals surface area contributed by atoms with Gasteiger partial charge in [-0.2, -0.15) is 0 Å². The normalized spacial score (nSPS) is 16.7. The van der Waals surface area contributed by atoms with E-state index in [9.17, 15) is 13.2 Å². The summed E-state index contributed by atoms with van der Waals surface area (Å²) in [6.07, 6.45) is 0.559. The zero-order valence-corrected chi connectivity index (χ0v) is 11.8. The predicted octanol–water partition coefficient (Wildman–Crippen LogP) is 2.02. The lowest BCUT2D eigenvalue weighted by Gasteiger charge is -2.16. The minimum atomic E-state index is -4.02. The van der Waals surface area contributed by atoms with Gasteiger partial charge in [-0.15, -0.1) is 0 Å². The molecule has 0 radical (unpaired) electrons. The molecule has 1 aliphatic heterocycles. The van der Waals surface area contributed by atoms with Crippen molar-refractivity contribution in [3.8, 4) is 0 Å². The summed E-state index contributed by atoms with van der Waals surface area (Å²) in [4.78, 5) is 15.6. The standard InChI is InChI=1S/C10H9Cl2NO5S/c11-6-4-7(10(14)15)9(12)8(5-6)19(16,17)13-2-1-3-18-13/h4-5H,1-3H2,(H,14,15). The first-order valence-electron chi connectivity index (χ1n) is 5.22. The fourth-order valence-corrected chi connectivity index (χ4v) is 3.81. The van der Waals surface area contributed by atoms with Gasteiger partial charge < -0.3 is 5.11 Å². The molecule has 1 aromatic rings. The summed E-state index contributed by atoms with van der Waals surface area (Å²) in [6, 6.07) is 2.20. The number of sulfonamides is 1. The number of hydrogen-bond donors (Lipinski definition) is 1. The van der Waals surface area contributed by atoms with Gasteiger partial charge in [0.2, 0.25) is 0 Å². The van der Waals surface area contributed by atoms with Gasteiger partial charge in [0.05, 0.1) is 17.2 Å². The summed E-state index contributed by atoms with van der Waals surface area (Å²) in [5.74, 6) is -1.36. The Balaban J connectivity index is 2.59. The van der Waals surface area contributed by atoms with Gasteiger partial charge in [0.1, 0.15) is 4.90 Å². The predicted molar refractivity (Wildman–Crippen MR) is 67.9 cm³/mol. The molecule has 2 rings (SSSR count). The highest BCUT2D eigenvalue weighted by atomic mass is 35.5. The van der Waals surface area contributed by atoms with Crippen LogP contribution in [0.2, 0.25) is 10.0 Å². The van der Waals surface area contributed by atoms with Crippen molar-refractivity contribution >= 4 is 39.2 Å². The molecule has 0 aromatic heterocycles. The maximum atomic E-state index is 12.2. The second-order valence-corrected chi connectivity index (χ2v) is 6.40. The Morgan fingerprint density at radius 3 is 2.58 bits per heavy atom. The van der Waals surface area contributed by atoms with E-state index in [0.29, 0.717) is 6.42 Å². The molecule has 1 fully saturated rings. The molecule has 1 aliphatic rings. The number of nitrogens with zero attached hydrogens (tertiary/aromatic N) is 1. The zero-order chi connectivity index (χ0) is 14.2. The number of carbonyl (C=O) groups is 1. The van der Waals surface area contributed by atoms with E-state index in [1.54, 1.807) is 0 Å². The molecule has 1 aromatic carbocycles. The first-order chi connectivity index (χ1) is 8.84. The first kappa shape index (κ1) is 14.5. The van der Waals surface area contributed by atoms with Gasteiger partial charge in [0, 0.05) is 11.6 Å². The Morgan fingerprint density at radius 2 is 2.05 bits per heavy atom. The molecule has 1 heterocycles. The van der Waals surface area contributed by atoms with E-state index in [2.05, 4.69) is 0 Å². The molecule has 1 saturated heterocycles. The lowest BCUT2D eigenvalue weighted by Crippen LogP contribution is -2.27. The fraction of sp³-hybridized carbons (Fsp3) is 0.300. The number of benzene rings is 1. The summed E-state index contributed by atoms with van der Waals surface area (Å²) >= 11 is 11.6. The number of hydrogen-bond acceptors (Lipinski definition) is 4. The number of hydroxylamine groups is 1. The average molecular weight is 326 g/mol. The lowest BCUT2D eigenvalue weighted by atomic mass is 10.2. The molecule has 0 amide bonds. The van der Waals surface area contributed by atoms with E-state index in [0.717, 1.165) is 16.6 Å². The summed E-state index contributed by atoms with van der Waals surface area (Å²) in [6.45, 7) is 0.469. The zero-order valence-electron chi connectivity index (χ0n) is 9.47. The van der Waals surface area contributed by atoms with Gasteiger partial charge in [-0.25, -0.2) is 13.2 Å². The molecular weight excluding hydrogens is 317 g/mol. The van der Waals surface area contributed by atoms with Crippen LogP contribution in [0.4, 0.5) is 0 Å². The molecule has 0 atom stereocenters. The Bertz CT molecular complexity index is 625. The van der Waals surface area contributed by atoms with Gasteiger partial charge in [-0.05, 0) is 18.6 Å². The third-order valence-electron chi connectivity index (χ3n) is 2.50. The van der Waals surface area contributed by atoms with Crippen molar-refractivity contribution in [2.24, 2.45) is 0 Å². The Hall–Kier alpha value is -0.860. The van der Waals surface area contributed by atoms with Crippen LogP contribution in [0.25, 0.3) is 0 Å². The van der Waals surface area contributed by atoms with Crippen molar-refractivity contribution < 1.29 is 23.2 Å². The van der Waals surface area contributed by atoms with Crippen LogP contribution in [-0.4, -0.2) is 37.1 Å². The van der Waals surface area contributed by atoms with E-state index >= 15 is 0 Å². The van der Waals surface area contributed by atoms with Crippen molar-refractivity contribution in [3.05, 3.63) is 27.7 Å². The molecule has 104 valence electrons. The molecule has 9 heteroatoms. The van der Waals surface area contributed by atoms with E-state index in [4.69, 9.17) is 33.1 Å². The van der Waals surface area contributed by atoms with Crippen LogP contribution in [0.1, 0.15) is 16.8 Å². The Morgan fingerprint density at radius 1 is 1.37 bits per heavy atom. The molecule has 0 unspecified atom stereocenters. The molecule has 0 bridgehead atoms. The summed E-state index contributed by atoms with van der Waals surface area (Å²) in [7, 11) is -4.02. The Labute approximate surface area is 119 Å². The Kier molecular flexibility index (Phi) is 4.03. The fourth-order valence-electron chi connectivity index (χ4n) is 1.63. The molecule has 19 heavy (non-hydrogen) atoms. The molecule has 0 spiro atoms. The van der Waals surface area contributed by atoms with E-state index in [1.165, 1.54) is 0 Å². The molecule has 0 saturated carbocycles. The minimum absolute atomic E-state index is 0.0282. The van der Waals surface area contributed by atoms with Crippen molar-refractivity contribution in [3.63, 3.8) is 0 Å². The van der Waals surface area contributed by atoms with Gasteiger partial charge in [0.15, 0.2) is 0 Å². The number of carboxylic acid groups (broad SMARTS) is 1. The maximum Gasteiger partial charge on any atom is 0.337 e. The van der Waals surface area contributed by atoms with Crippen LogP contribution in [-0.2, 0) is 14.9 Å².